The Morgan fingerprint density at radius 1 is 1.80 bits per heavy atom. The summed E-state index contributed by atoms with van der Waals surface area (Å²) in [6, 6.07) is 0. The maximum atomic E-state index is 10.6. The van der Waals surface area contributed by atoms with Crippen LogP contribution in [0.2, 0.25) is 0 Å². The van der Waals surface area contributed by atoms with Gasteiger partial charge in [-0.05, 0) is 6.92 Å². The number of hydrogen-bond acceptors (Lipinski definition) is 3. The van der Waals surface area contributed by atoms with Gasteiger partial charge in [-0.2, -0.15) is 0 Å². The molecule has 0 rings (SSSR count). The molecule has 0 bridgehead atoms. The third-order valence-corrected chi connectivity index (χ3v) is 1.90. The van der Waals surface area contributed by atoms with Crippen LogP contribution in [-0.4, -0.2) is 28.2 Å². The average Bonchev–Trinajstić information content (AvgIpc) is 1.88. The van der Waals surface area contributed by atoms with Gasteiger partial charge >= 0.3 is 5.97 Å². The van der Waals surface area contributed by atoms with E-state index in [9.17, 15) is 4.79 Å². The fourth-order valence-electron chi connectivity index (χ4n) is 0.467. The Bertz CT molecular complexity index is 105. The molecule has 0 aliphatic rings. The van der Waals surface area contributed by atoms with Crippen LogP contribution in [0.3, 0.4) is 0 Å². The summed E-state index contributed by atoms with van der Waals surface area (Å²) < 4.78 is 5.18. The van der Waals surface area contributed by atoms with Crippen molar-refractivity contribution in [3.63, 3.8) is 0 Å². The molecule has 0 amide bonds. The Hall–Kier alpha value is 0.160. The molecule has 1 N–H and O–H groups in total. The quantitative estimate of drug-likeness (QED) is 0.459. The molecule has 1 atom stereocenters. The SMILES string of the molecule is CCOC(=O)C[C@@H](O)CI. The standard InChI is InChI=1S/C6H11IO3/c1-2-10-6(9)3-5(8)4-7/h5,8H,2-4H2,1H3/t5-/m1/s1. The highest BCUT2D eigenvalue weighted by atomic mass is 127. The van der Waals surface area contributed by atoms with Crippen LogP contribution in [0.5, 0.6) is 0 Å². The van der Waals surface area contributed by atoms with E-state index >= 15 is 0 Å². The van der Waals surface area contributed by atoms with Crippen molar-refractivity contribution in [1.82, 2.24) is 0 Å². The Morgan fingerprint density at radius 3 is 2.80 bits per heavy atom. The highest BCUT2D eigenvalue weighted by Crippen LogP contribution is 1.98. The van der Waals surface area contributed by atoms with Crippen LogP contribution in [0.1, 0.15) is 13.3 Å². The van der Waals surface area contributed by atoms with Gasteiger partial charge in [0.2, 0.25) is 0 Å². The Balaban J connectivity index is 3.37. The first-order chi connectivity index (χ1) is 4.70. The average molecular weight is 258 g/mol. The predicted molar refractivity (Wildman–Crippen MR) is 46.1 cm³/mol. The van der Waals surface area contributed by atoms with E-state index in [4.69, 9.17) is 5.11 Å². The molecular weight excluding hydrogens is 247 g/mol. The van der Waals surface area contributed by atoms with Crippen LogP contribution < -0.4 is 0 Å². The second-order valence-electron chi connectivity index (χ2n) is 1.82. The molecule has 4 heteroatoms. The van der Waals surface area contributed by atoms with E-state index in [1.807, 2.05) is 22.6 Å². The largest absolute Gasteiger partial charge is 0.466 e. The lowest BCUT2D eigenvalue weighted by Gasteiger charge is -2.04. The van der Waals surface area contributed by atoms with Crippen molar-refractivity contribution in [3.05, 3.63) is 0 Å². The molecule has 0 unspecified atom stereocenters. The number of ether oxygens (including phenoxy) is 1. The van der Waals surface area contributed by atoms with Gasteiger partial charge in [0.25, 0.3) is 0 Å². The van der Waals surface area contributed by atoms with Gasteiger partial charge in [0, 0.05) is 4.43 Å². The predicted octanol–water partition coefficient (Wildman–Crippen LogP) is 0.736. The summed E-state index contributed by atoms with van der Waals surface area (Å²) in [6.45, 7) is 2.13. The van der Waals surface area contributed by atoms with Crippen LogP contribution in [0.25, 0.3) is 0 Å². The zero-order valence-electron chi connectivity index (χ0n) is 5.84. The van der Waals surface area contributed by atoms with Gasteiger partial charge in [0.05, 0.1) is 19.1 Å². The van der Waals surface area contributed by atoms with Gasteiger partial charge in [0.15, 0.2) is 0 Å². The maximum Gasteiger partial charge on any atom is 0.308 e. The molecule has 0 aliphatic heterocycles. The summed E-state index contributed by atoms with van der Waals surface area (Å²) in [6.07, 6.45) is -0.448. The molecule has 10 heavy (non-hydrogen) atoms. The first-order valence-corrected chi connectivity index (χ1v) is 4.63. The molecule has 0 spiro atoms. The molecule has 0 aromatic heterocycles. The molecule has 0 aliphatic carbocycles. The van der Waals surface area contributed by atoms with E-state index in [1.165, 1.54) is 0 Å². The Kier molecular flexibility index (Phi) is 6.00. The molecular formula is C6H11IO3. The Labute approximate surface area is 73.9 Å². The van der Waals surface area contributed by atoms with Crippen LogP contribution in [0.15, 0.2) is 0 Å². The summed E-state index contributed by atoms with van der Waals surface area (Å²) >= 11 is 2.02. The van der Waals surface area contributed by atoms with Gasteiger partial charge < -0.3 is 9.84 Å². The van der Waals surface area contributed by atoms with E-state index in [-0.39, 0.29) is 12.4 Å². The number of carbonyl (C=O) groups is 1. The van der Waals surface area contributed by atoms with Crippen LogP contribution in [0, 0.1) is 0 Å². The van der Waals surface area contributed by atoms with E-state index in [0.717, 1.165) is 0 Å². The molecule has 0 fully saturated rings. The van der Waals surface area contributed by atoms with Crippen molar-refractivity contribution >= 4 is 28.6 Å². The zero-order valence-corrected chi connectivity index (χ0v) is 8.00. The number of aliphatic hydroxyl groups is 1. The van der Waals surface area contributed by atoms with E-state index in [1.54, 1.807) is 6.92 Å². The fraction of sp³-hybridized carbons (Fsp3) is 0.833. The maximum absolute atomic E-state index is 10.6. The number of esters is 1. The lowest BCUT2D eigenvalue weighted by molar-refractivity contribution is -0.144. The molecule has 0 heterocycles. The molecule has 0 radical (unpaired) electrons. The number of halogens is 1. The normalized spacial score (nSPS) is 12.7. The van der Waals surface area contributed by atoms with Gasteiger partial charge in [-0.3, -0.25) is 4.79 Å². The van der Waals surface area contributed by atoms with Crippen molar-refractivity contribution in [2.75, 3.05) is 11.0 Å². The minimum atomic E-state index is -0.556. The molecule has 0 saturated heterocycles. The van der Waals surface area contributed by atoms with Crippen LogP contribution >= 0.6 is 22.6 Å². The topological polar surface area (TPSA) is 46.5 Å². The molecule has 0 saturated carbocycles. The highest BCUT2D eigenvalue weighted by molar-refractivity contribution is 14.1. The summed E-state index contributed by atoms with van der Waals surface area (Å²) in [4.78, 5) is 10.6. The van der Waals surface area contributed by atoms with Crippen molar-refractivity contribution in [3.8, 4) is 0 Å². The number of carbonyl (C=O) groups excluding carboxylic acids is 1. The van der Waals surface area contributed by atoms with E-state index < -0.39 is 6.10 Å². The lowest BCUT2D eigenvalue weighted by atomic mass is 10.3. The van der Waals surface area contributed by atoms with Gasteiger partial charge in [-0.25, -0.2) is 0 Å². The van der Waals surface area contributed by atoms with Crippen LogP contribution in [-0.2, 0) is 9.53 Å². The van der Waals surface area contributed by atoms with Crippen molar-refractivity contribution < 1.29 is 14.6 Å². The minimum Gasteiger partial charge on any atom is -0.466 e. The third-order valence-electron chi connectivity index (χ3n) is 0.886. The summed E-state index contributed by atoms with van der Waals surface area (Å²) in [5.74, 6) is -0.327. The monoisotopic (exact) mass is 258 g/mol. The van der Waals surface area contributed by atoms with Gasteiger partial charge in [-0.1, -0.05) is 22.6 Å². The summed E-state index contributed by atoms with van der Waals surface area (Å²) in [5, 5.41) is 8.95. The number of hydrogen-bond donors (Lipinski definition) is 1. The third kappa shape index (κ3) is 4.99. The van der Waals surface area contributed by atoms with E-state index in [0.29, 0.717) is 11.0 Å². The summed E-state index contributed by atoms with van der Waals surface area (Å²) in [5.41, 5.74) is 0. The Morgan fingerprint density at radius 2 is 2.40 bits per heavy atom. The van der Waals surface area contributed by atoms with Gasteiger partial charge in [-0.15, -0.1) is 0 Å². The number of aliphatic hydroxyl groups excluding tert-OH is 1. The van der Waals surface area contributed by atoms with Gasteiger partial charge in [0.1, 0.15) is 0 Å². The number of alkyl halides is 1. The molecule has 60 valence electrons. The second-order valence-corrected chi connectivity index (χ2v) is 2.70. The molecule has 3 nitrogen and oxygen atoms in total. The van der Waals surface area contributed by atoms with Crippen molar-refractivity contribution in [2.45, 2.75) is 19.4 Å². The minimum absolute atomic E-state index is 0.108. The lowest BCUT2D eigenvalue weighted by Crippen LogP contribution is -2.16. The zero-order chi connectivity index (χ0) is 7.98. The van der Waals surface area contributed by atoms with Crippen LogP contribution in [0.4, 0.5) is 0 Å². The van der Waals surface area contributed by atoms with Crippen molar-refractivity contribution in [1.29, 1.82) is 0 Å². The smallest absolute Gasteiger partial charge is 0.308 e. The first-order valence-electron chi connectivity index (χ1n) is 3.10. The van der Waals surface area contributed by atoms with Crippen molar-refractivity contribution in [2.24, 2.45) is 0 Å². The second kappa shape index (κ2) is 5.91. The molecule has 0 aromatic carbocycles. The molecule has 0 aromatic rings. The summed E-state index contributed by atoms with van der Waals surface area (Å²) in [7, 11) is 0. The number of rotatable bonds is 4. The van der Waals surface area contributed by atoms with E-state index in [2.05, 4.69) is 4.74 Å². The fourth-order valence-corrected chi connectivity index (χ4v) is 0.778. The highest BCUT2D eigenvalue weighted by Gasteiger charge is 2.08. The first kappa shape index (κ1) is 10.2.